The number of nitro benzene ring substituents is 1. The minimum atomic E-state index is -0.554. The molecule has 0 unspecified atom stereocenters. The molecule has 0 amide bonds. The summed E-state index contributed by atoms with van der Waals surface area (Å²) in [5.41, 5.74) is 0.0301. The molecule has 7 heteroatoms. The molecular weight excluding hydrogens is 350 g/mol. The molecule has 0 fully saturated rings. The van der Waals surface area contributed by atoms with Crippen LogP contribution in [-0.2, 0) is 6.61 Å². The number of hydrogen-bond acceptors (Lipinski definition) is 4. The molecule has 0 atom stereocenters. The second-order valence-corrected chi connectivity index (χ2v) is 5.21. The van der Waals surface area contributed by atoms with E-state index in [1.807, 2.05) is 0 Å². The van der Waals surface area contributed by atoms with Crippen LogP contribution >= 0.6 is 27.5 Å². The molecule has 104 valence electrons. The van der Waals surface area contributed by atoms with Crippen LogP contribution in [0.4, 0.5) is 5.69 Å². The summed E-state index contributed by atoms with van der Waals surface area (Å²) >= 11 is 9.30. The van der Waals surface area contributed by atoms with Crippen LogP contribution in [0.15, 0.2) is 40.9 Å². The first-order valence-electron chi connectivity index (χ1n) is 5.52. The Labute approximate surface area is 128 Å². The predicted molar refractivity (Wildman–Crippen MR) is 78.2 cm³/mol. The van der Waals surface area contributed by atoms with Gasteiger partial charge in [0.1, 0.15) is 11.5 Å². The van der Waals surface area contributed by atoms with Crippen LogP contribution in [0.1, 0.15) is 5.56 Å². The van der Waals surface area contributed by atoms with Gasteiger partial charge in [0.2, 0.25) is 0 Å². The third kappa shape index (κ3) is 3.27. The Morgan fingerprint density at radius 1 is 1.30 bits per heavy atom. The number of rotatable bonds is 4. The standard InChI is InChI=1S/C13H9BrClNO4/c14-9-1-4-13(11(15)6-9)20-10-2-3-12(16(18)19)8(5-10)7-17/h1-6,17H,7H2. The van der Waals surface area contributed by atoms with Gasteiger partial charge in [0.05, 0.1) is 22.1 Å². The average Bonchev–Trinajstić information content (AvgIpc) is 2.41. The summed E-state index contributed by atoms with van der Waals surface area (Å²) in [4.78, 5) is 10.2. The number of aliphatic hydroxyl groups is 1. The highest BCUT2D eigenvalue weighted by molar-refractivity contribution is 9.10. The van der Waals surface area contributed by atoms with Crippen molar-refractivity contribution in [3.05, 3.63) is 61.6 Å². The van der Waals surface area contributed by atoms with Gasteiger partial charge in [-0.25, -0.2) is 0 Å². The Hall–Kier alpha value is -1.63. The van der Waals surface area contributed by atoms with Crippen molar-refractivity contribution in [1.29, 1.82) is 0 Å². The summed E-state index contributed by atoms with van der Waals surface area (Å²) in [5, 5.41) is 20.3. The zero-order valence-corrected chi connectivity index (χ0v) is 12.4. The van der Waals surface area contributed by atoms with Crippen LogP contribution in [-0.4, -0.2) is 10.0 Å². The van der Waals surface area contributed by atoms with E-state index in [1.165, 1.54) is 18.2 Å². The summed E-state index contributed by atoms with van der Waals surface area (Å²) in [6.45, 7) is -0.443. The smallest absolute Gasteiger partial charge is 0.275 e. The SMILES string of the molecule is O=[N+]([O-])c1ccc(Oc2ccc(Br)cc2Cl)cc1CO. The highest BCUT2D eigenvalue weighted by Crippen LogP contribution is 2.33. The van der Waals surface area contributed by atoms with Crippen molar-refractivity contribution in [2.45, 2.75) is 6.61 Å². The van der Waals surface area contributed by atoms with Gasteiger partial charge < -0.3 is 9.84 Å². The van der Waals surface area contributed by atoms with E-state index in [0.717, 1.165) is 4.47 Å². The van der Waals surface area contributed by atoms with Crippen molar-refractivity contribution >= 4 is 33.2 Å². The third-order valence-electron chi connectivity index (χ3n) is 2.54. The second-order valence-electron chi connectivity index (χ2n) is 3.88. The maximum absolute atomic E-state index is 10.8. The molecule has 20 heavy (non-hydrogen) atoms. The van der Waals surface area contributed by atoms with Gasteiger partial charge in [0, 0.05) is 10.5 Å². The van der Waals surface area contributed by atoms with Crippen LogP contribution in [0, 0.1) is 10.1 Å². The lowest BCUT2D eigenvalue weighted by Gasteiger charge is -2.09. The van der Waals surface area contributed by atoms with Gasteiger partial charge in [-0.2, -0.15) is 0 Å². The monoisotopic (exact) mass is 357 g/mol. The van der Waals surface area contributed by atoms with E-state index in [4.69, 9.17) is 21.4 Å². The number of halogens is 2. The zero-order valence-electron chi connectivity index (χ0n) is 10.0. The minimum absolute atomic E-state index is 0.151. The minimum Gasteiger partial charge on any atom is -0.456 e. The molecule has 0 saturated heterocycles. The fraction of sp³-hybridized carbons (Fsp3) is 0.0769. The molecule has 0 heterocycles. The summed E-state index contributed by atoms with van der Waals surface area (Å²) in [6.07, 6.45) is 0. The highest BCUT2D eigenvalue weighted by atomic mass is 79.9. The van der Waals surface area contributed by atoms with Crippen molar-refractivity contribution in [2.24, 2.45) is 0 Å². The van der Waals surface area contributed by atoms with Crippen molar-refractivity contribution in [3.63, 3.8) is 0 Å². The van der Waals surface area contributed by atoms with Crippen molar-refractivity contribution in [1.82, 2.24) is 0 Å². The number of ether oxygens (including phenoxy) is 1. The fourth-order valence-electron chi connectivity index (χ4n) is 1.62. The molecule has 0 aliphatic carbocycles. The fourth-order valence-corrected chi connectivity index (χ4v) is 2.33. The number of aliphatic hydroxyl groups excluding tert-OH is 1. The van der Waals surface area contributed by atoms with E-state index < -0.39 is 11.5 Å². The lowest BCUT2D eigenvalue weighted by atomic mass is 10.2. The Morgan fingerprint density at radius 3 is 2.65 bits per heavy atom. The van der Waals surface area contributed by atoms with E-state index in [1.54, 1.807) is 18.2 Å². The first kappa shape index (κ1) is 14.8. The van der Waals surface area contributed by atoms with Gasteiger partial charge in [-0.15, -0.1) is 0 Å². The highest BCUT2D eigenvalue weighted by Gasteiger charge is 2.14. The Morgan fingerprint density at radius 2 is 2.05 bits per heavy atom. The van der Waals surface area contributed by atoms with Gasteiger partial charge in [0.15, 0.2) is 0 Å². The largest absolute Gasteiger partial charge is 0.456 e. The first-order valence-corrected chi connectivity index (χ1v) is 6.69. The lowest BCUT2D eigenvalue weighted by molar-refractivity contribution is -0.385. The van der Waals surface area contributed by atoms with Crippen LogP contribution in [0.5, 0.6) is 11.5 Å². The van der Waals surface area contributed by atoms with E-state index in [2.05, 4.69) is 15.9 Å². The van der Waals surface area contributed by atoms with Crippen LogP contribution in [0.25, 0.3) is 0 Å². The van der Waals surface area contributed by atoms with Gasteiger partial charge in [-0.1, -0.05) is 27.5 Å². The van der Waals surface area contributed by atoms with Crippen molar-refractivity contribution < 1.29 is 14.8 Å². The molecule has 2 aromatic rings. The summed E-state index contributed by atoms with van der Waals surface area (Å²) in [7, 11) is 0. The Bertz CT molecular complexity index is 663. The normalized spacial score (nSPS) is 10.3. The van der Waals surface area contributed by atoms with Gasteiger partial charge in [0.25, 0.3) is 5.69 Å². The van der Waals surface area contributed by atoms with Crippen LogP contribution < -0.4 is 4.74 Å². The molecule has 0 saturated carbocycles. The summed E-state index contributed by atoms with van der Waals surface area (Å²) < 4.78 is 6.37. The van der Waals surface area contributed by atoms with Gasteiger partial charge in [-0.05, 0) is 30.3 Å². The van der Waals surface area contributed by atoms with E-state index in [-0.39, 0.29) is 11.3 Å². The summed E-state index contributed by atoms with van der Waals surface area (Å²) in [5.74, 6) is 0.788. The molecule has 5 nitrogen and oxygen atoms in total. The van der Waals surface area contributed by atoms with E-state index in [0.29, 0.717) is 16.5 Å². The zero-order chi connectivity index (χ0) is 14.7. The van der Waals surface area contributed by atoms with Gasteiger partial charge in [-0.3, -0.25) is 10.1 Å². The topological polar surface area (TPSA) is 72.6 Å². The van der Waals surface area contributed by atoms with Crippen molar-refractivity contribution in [3.8, 4) is 11.5 Å². The molecule has 0 aromatic heterocycles. The maximum Gasteiger partial charge on any atom is 0.275 e. The number of nitrogens with zero attached hydrogens (tertiary/aromatic N) is 1. The lowest BCUT2D eigenvalue weighted by Crippen LogP contribution is -1.96. The van der Waals surface area contributed by atoms with Crippen LogP contribution in [0.3, 0.4) is 0 Å². The molecule has 0 spiro atoms. The third-order valence-corrected chi connectivity index (χ3v) is 3.33. The quantitative estimate of drug-likeness (QED) is 0.653. The number of nitro groups is 1. The molecular formula is C13H9BrClNO4. The Balaban J connectivity index is 2.32. The van der Waals surface area contributed by atoms with Crippen molar-refractivity contribution in [2.75, 3.05) is 0 Å². The molecule has 0 aliphatic heterocycles. The second kappa shape index (κ2) is 6.21. The number of hydrogen-bond donors (Lipinski definition) is 1. The predicted octanol–water partition coefficient (Wildman–Crippen LogP) is 4.30. The maximum atomic E-state index is 10.8. The Kier molecular flexibility index (Phi) is 4.59. The molecule has 0 radical (unpaired) electrons. The first-order chi connectivity index (χ1) is 9.51. The molecule has 1 N–H and O–H groups in total. The van der Waals surface area contributed by atoms with Crippen LogP contribution in [0.2, 0.25) is 5.02 Å². The average molecular weight is 359 g/mol. The molecule has 2 rings (SSSR count). The van der Waals surface area contributed by atoms with Gasteiger partial charge >= 0.3 is 0 Å². The molecule has 0 aliphatic rings. The molecule has 0 bridgehead atoms. The number of benzene rings is 2. The summed E-state index contributed by atoms with van der Waals surface area (Å²) in [6, 6.07) is 9.26. The van der Waals surface area contributed by atoms with E-state index >= 15 is 0 Å². The molecule has 2 aromatic carbocycles. The van der Waals surface area contributed by atoms with E-state index in [9.17, 15) is 10.1 Å².